The molecule has 0 aliphatic carbocycles. The van der Waals surface area contributed by atoms with Crippen LogP contribution < -0.4 is 0 Å². The van der Waals surface area contributed by atoms with Crippen LogP contribution in [-0.4, -0.2) is 0 Å². The second-order valence-corrected chi connectivity index (χ2v) is 14.3. The van der Waals surface area contributed by atoms with Crippen LogP contribution in [0, 0.1) is 0 Å². The van der Waals surface area contributed by atoms with Crippen LogP contribution in [0.5, 0.6) is 0 Å². The highest BCUT2D eigenvalue weighted by Crippen LogP contribution is 2.48. The fourth-order valence-corrected chi connectivity index (χ4v) is 9.09. The van der Waals surface area contributed by atoms with E-state index in [-0.39, 0.29) is 0 Å². The van der Waals surface area contributed by atoms with Crippen molar-refractivity contribution in [2.75, 3.05) is 0 Å². The molecule has 0 aliphatic rings. The Kier molecular flexibility index (Phi) is 6.09. The average molecular weight is 687 g/mol. The molecule has 2 nitrogen and oxygen atoms in total. The summed E-state index contributed by atoms with van der Waals surface area (Å²) < 4.78 is 13.3. The van der Waals surface area contributed by atoms with E-state index in [1.807, 2.05) is 12.1 Å². The first-order chi connectivity index (χ1) is 26.8. The fourth-order valence-electron chi connectivity index (χ4n) is 9.09. The number of rotatable bonds is 3. The summed E-state index contributed by atoms with van der Waals surface area (Å²) in [7, 11) is 0. The Labute approximate surface area is 310 Å². The first-order valence-corrected chi connectivity index (χ1v) is 18.5. The van der Waals surface area contributed by atoms with Crippen LogP contribution in [0.4, 0.5) is 0 Å². The molecule has 2 heterocycles. The molecule has 0 fully saturated rings. The lowest BCUT2D eigenvalue weighted by Gasteiger charge is -2.19. The highest BCUT2D eigenvalue weighted by atomic mass is 16.3. The lowest BCUT2D eigenvalue weighted by molar-refractivity contribution is 0.663. The van der Waals surface area contributed by atoms with Gasteiger partial charge in [-0.25, -0.2) is 0 Å². The van der Waals surface area contributed by atoms with Gasteiger partial charge in [0, 0.05) is 21.7 Å². The largest absolute Gasteiger partial charge is 0.456 e. The molecule has 12 aromatic rings. The standard InChI is InChI=1S/C52H30O2/c1-2-13-32-28-36(25-24-31(32)12-1)48-41-21-7-5-19-39(41)47(40-20-6-8-22-42(40)48)34-15-11-16-35(29-34)49-37-17-4-3-14-33(37)30-46-50(49)51-45(53-46)27-26-43-38-18-9-10-23-44(38)54-52(43)51/h1-30H. The highest BCUT2D eigenvalue weighted by molar-refractivity contribution is 6.29. The van der Waals surface area contributed by atoms with Crippen molar-refractivity contribution in [3.8, 4) is 33.4 Å². The first-order valence-electron chi connectivity index (χ1n) is 18.5. The second-order valence-electron chi connectivity index (χ2n) is 14.3. The zero-order valence-corrected chi connectivity index (χ0v) is 29.1. The maximum Gasteiger partial charge on any atom is 0.147 e. The van der Waals surface area contributed by atoms with Crippen LogP contribution >= 0.6 is 0 Å². The van der Waals surface area contributed by atoms with Crippen molar-refractivity contribution in [2.24, 2.45) is 0 Å². The van der Waals surface area contributed by atoms with Crippen LogP contribution in [0.1, 0.15) is 0 Å². The molecule has 0 unspecified atom stereocenters. The van der Waals surface area contributed by atoms with E-state index in [2.05, 4.69) is 170 Å². The van der Waals surface area contributed by atoms with Gasteiger partial charge in [0.1, 0.15) is 22.3 Å². The second kappa shape index (κ2) is 11.2. The Bertz CT molecular complexity index is 3450. The van der Waals surface area contributed by atoms with Crippen molar-refractivity contribution in [1.29, 1.82) is 0 Å². The van der Waals surface area contributed by atoms with Gasteiger partial charge in [-0.15, -0.1) is 0 Å². The Morgan fingerprint density at radius 1 is 0.259 bits per heavy atom. The maximum absolute atomic E-state index is 6.68. The van der Waals surface area contributed by atoms with Gasteiger partial charge in [-0.1, -0.05) is 146 Å². The molecule has 54 heavy (non-hydrogen) atoms. The Hall–Kier alpha value is -7.16. The Morgan fingerprint density at radius 2 is 0.833 bits per heavy atom. The van der Waals surface area contributed by atoms with E-state index in [0.717, 1.165) is 60.4 Å². The predicted octanol–water partition coefficient (Wildman–Crippen LogP) is 15.1. The van der Waals surface area contributed by atoms with Crippen molar-refractivity contribution in [1.82, 2.24) is 0 Å². The van der Waals surface area contributed by atoms with Gasteiger partial charge in [0.15, 0.2) is 0 Å². The van der Waals surface area contributed by atoms with Gasteiger partial charge >= 0.3 is 0 Å². The van der Waals surface area contributed by atoms with E-state index in [1.54, 1.807) is 0 Å². The molecular formula is C52H30O2. The van der Waals surface area contributed by atoms with Crippen LogP contribution in [0.15, 0.2) is 191 Å². The molecule has 0 amide bonds. The van der Waals surface area contributed by atoms with Crippen molar-refractivity contribution < 1.29 is 8.83 Å². The smallest absolute Gasteiger partial charge is 0.147 e. The van der Waals surface area contributed by atoms with Gasteiger partial charge in [0.2, 0.25) is 0 Å². The molecule has 2 aromatic heterocycles. The molecule has 0 radical (unpaired) electrons. The first kappa shape index (κ1) is 29.4. The lowest BCUT2D eigenvalue weighted by Crippen LogP contribution is -1.91. The van der Waals surface area contributed by atoms with Crippen molar-refractivity contribution >= 4 is 87.0 Å². The topological polar surface area (TPSA) is 26.3 Å². The van der Waals surface area contributed by atoms with Gasteiger partial charge in [-0.05, 0) is 107 Å². The van der Waals surface area contributed by atoms with Gasteiger partial charge in [0.25, 0.3) is 0 Å². The van der Waals surface area contributed by atoms with E-state index in [1.165, 1.54) is 60.0 Å². The summed E-state index contributed by atoms with van der Waals surface area (Å²) >= 11 is 0. The zero-order valence-electron chi connectivity index (χ0n) is 29.1. The number of para-hydroxylation sites is 1. The monoisotopic (exact) mass is 686 g/mol. The predicted molar refractivity (Wildman–Crippen MR) is 227 cm³/mol. The summed E-state index contributed by atoms with van der Waals surface area (Å²) in [6.45, 7) is 0. The lowest BCUT2D eigenvalue weighted by atomic mass is 9.84. The molecule has 0 bridgehead atoms. The van der Waals surface area contributed by atoms with E-state index in [0.29, 0.717) is 0 Å². The average Bonchev–Trinajstić information content (AvgIpc) is 3.80. The summed E-state index contributed by atoms with van der Waals surface area (Å²) in [6.07, 6.45) is 0. The Balaban J connectivity index is 1.16. The minimum absolute atomic E-state index is 0.825. The molecule has 0 saturated heterocycles. The van der Waals surface area contributed by atoms with Crippen LogP contribution in [0.3, 0.4) is 0 Å². The summed E-state index contributed by atoms with van der Waals surface area (Å²) in [5.74, 6) is 0. The fraction of sp³-hybridized carbons (Fsp3) is 0. The normalized spacial score (nSPS) is 12.1. The molecular weight excluding hydrogens is 657 g/mol. The molecule has 0 aliphatic heterocycles. The van der Waals surface area contributed by atoms with Crippen molar-refractivity contribution in [2.45, 2.75) is 0 Å². The molecule has 0 spiro atoms. The quantitative estimate of drug-likeness (QED) is 0.173. The van der Waals surface area contributed by atoms with Crippen molar-refractivity contribution in [3.63, 3.8) is 0 Å². The van der Waals surface area contributed by atoms with Crippen LogP contribution in [0.25, 0.3) is 120 Å². The van der Waals surface area contributed by atoms with Crippen LogP contribution in [-0.2, 0) is 0 Å². The molecule has 250 valence electrons. The minimum Gasteiger partial charge on any atom is -0.456 e. The molecule has 10 aromatic carbocycles. The third-order valence-corrected chi connectivity index (χ3v) is 11.4. The number of furan rings is 2. The van der Waals surface area contributed by atoms with E-state index in [4.69, 9.17) is 8.83 Å². The number of fused-ring (bicyclic) bond motifs is 11. The van der Waals surface area contributed by atoms with Gasteiger partial charge in [0.05, 0.1) is 5.39 Å². The third kappa shape index (κ3) is 4.17. The molecule has 0 N–H and O–H groups in total. The summed E-state index contributed by atoms with van der Waals surface area (Å²) in [5.41, 5.74) is 10.6. The summed E-state index contributed by atoms with van der Waals surface area (Å²) in [6, 6.07) is 65.7. The van der Waals surface area contributed by atoms with Crippen LogP contribution in [0.2, 0.25) is 0 Å². The number of hydrogen-bond acceptors (Lipinski definition) is 2. The minimum atomic E-state index is 0.825. The van der Waals surface area contributed by atoms with Gasteiger partial charge < -0.3 is 8.83 Å². The number of benzene rings is 10. The van der Waals surface area contributed by atoms with Gasteiger partial charge in [-0.3, -0.25) is 0 Å². The van der Waals surface area contributed by atoms with E-state index >= 15 is 0 Å². The van der Waals surface area contributed by atoms with Gasteiger partial charge in [-0.2, -0.15) is 0 Å². The molecule has 12 rings (SSSR count). The highest BCUT2D eigenvalue weighted by Gasteiger charge is 2.22. The van der Waals surface area contributed by atoms with E-state index < -0.39 is 0 Å². The SMILES string of the molecule is c1cc(-c2c3ccccc3c(-c3ccc4ccccc4c3)c3ccccc23)cc(-c2c3ccccc3cc3oc4ccc5c6ccccc6oc5c4c23)c1. The third-order valence-electron chi connectivity index (χ3n) is 11.4. The van der Waals surface area contributed by atoms with E-state index in [9.17, 15) is 0 Å². The zero-order chi connectivity index (χ0) is 35.3. The number of hydrogen-bond donors (Lipinski definition) is 0. The molecule has 0 atom stereocenters. The maximum atomic E-state index is 6.68. The Morgan fingerprint density at radius 3 is 1.56 bits per heavy atom. The summed E-state index contributed by atoms with van der Waals surface area (Å²) in [4.78, 5) is 0. The summed E-state index contributed by atoms with van der Waals surface area (Å²) in [5, 5.41) is 14.1. The van der Waals surface area contributed by atoms with Crippen molar-refractivity contribution in [3.05, 3.63) is 182 Å². The molecule has 0 saturated carbocycles. The molecule has 2 heteroatoms.